The number of pyridine rings is 1. The van der Waals surface area contributed by atoms with Crippen LogP contribution in [0.15, 0.2) is 31.0 Å². The maximum Gasteiger partial charge on any atom is 0.0957 e. The molecule has 1 atom stereocenters. The molecule has 0 fully saturated rings. The third kappa shape index (κ3) is 3.57. The molecule has 0 aromatic carbocycles. The maximum atomic E-state index is 9.73. The molecule has 1 unspecified atom stereocenters. The van der Waals surface area contributed by atoms with Crippen molar-refractivity contribution in [2.24, 2.45) is 0 Å². The molecule has 0 aliphatic carbocycles. The summed E-state index contributed by atoms with van der Waals surface area (Å²) in [7, 11) is 0. The second-order valence-electron chi connectivity index (χ2n) is 5.44. The van der Waals surface area contributed by atoms with E-state index in [4.69, 9.17) is 0 Å². The lowest BCUT2D eigenvalue weighted by molar-refractivity contribution is 0.169. The van der Waals surface area contributed by atoms with Gasteiger partial charge in [0, 0.05) is 12.1 Å². The van der Waals surface area contributed by atoms with Crippen LogP contribution in [-0.4, -0.2) is 22.2 Å². The van der Waals surface area contributed by atoms with Gasteiger partial charge in [-0.1, -0.05) is 13.0 Å². The Morgan fingerprint density at radius 3 is 2.50 bits per heavy atom. The Balaban J connectivity index is 2.97. The van der Waals surface area contributed by atoms with Crippen LogP contribution in [0.4, 0.5) is 5.69 Å². The van der Waals surface area contributed by atoms with Crippen molar-refractivity contribution >= 4 is 5.69 Å². The summed E-state index contributed by atoms with van der Waals surface area (Å²) in [6.07, 6.45) is 3.92. The van der Waals surface area contributed by atoms with Crippen molar-refractivity contribution in [1.82, 2.24) is 4.98 Å². The fourth-order valence-corrected chi connectivity index (χ4v) is 1.86. The first kappa shape index (κ1) is 14.7. The van der Waals surface area contributed by atoms with E-state index in [1.54, 1.807) is 0 Å². The van der Waals surface area contributed by atoms with Crippen molar-refractivity contribution in [3.63, 3.8) is 0 Å². The second-order valence-corrected chi connectivity index (χ2v) is 5.44. The van der Waals surface area contributed by atoms with E-state index in [9.17, 15) is 5.11 Å². The van der Waals surface area contributed by atoms with E-state index in [2.05, 4.69) is 37.2 Å². The molecule has 3 heteroatoms. The standard InChI is InChI=1S/C15H24N2O/c1-6-10-17(15(3,4)5)12-8-9-13(16-11-12)14(18)7-2/h6,8-9,11,14,18H,1,7,10H2,2-5H3. The molecule has 1 heterocycles. The molecule has 1 rings (SSSR count). The number of aromatic nitrogens is 1. The topological polar surface area (TPSA) is 36.4 Å². The Morgan fingerprint density at radius 1 is 1.44 bits per heavy atom. The smallest absolute Gasteiger partial charge is 0.0957 e. The van der Waals surface area contributed by atoms with Gasteiger partial charge in [-0.05, 0) is 39.3 Å². The highest BCUT2D eigenvalue weighted by Gasteiger charge is 2.20. The molecule has 0 amide bonds. The van der Waals surface area contributed by atoms with Crippen molar-refractivity contribution in [2.75, 3.05) is 11.4 Å². The van der Waals surface area contributed by atoms with Crippen molar-refractivity contribution in [3.8, 4) is 0 Å². The van der Waals surface area contributed by atoms with Crippen LogP contribution < -0.4 is 4.90 Å². The second kappa shape index (κ2) is 6.01. The minimum atomic E-state index is -0.471. The zero-order valence-corrected chi connectivity index (χ0v) is 11.8. The molecule has 0 aliphatic rings. The van der Waals surface area contributed by atoms with Gasteiger partial charge in [0.05, 0.1) is 23.7 Å². The lowest BCUT2D eigenvalue weighted by Crippen LogP contribution is -2.41. The summed E-state index contributed by atoms with van der Waals surface area (Å²) in [4.78, 5) is 6.57. The number of rotatable bonds is 5. The highest BCUT2D eigenvalue weighted by Crippen LogP contribution is 2.24. The van der Waals surface area contributed by atoms with Gasteiger partial charge in [-0.15, -0.1) is 6.58 Å². The Bertz CT molecular complexity index is 378. The molecular weight excluding hydrogens is 224 g/mol. The third-order valence-corrected chi connectivity index (χ3v) is 2.93. The van der Waals surface area contributed by atoms with Crippen LogP contribution in [0.2, 0.25) is 0 Å². The van der Waals surface area contributed by atoms with E-state index in [1.807, 2.05) is 31.3 Å². The van der Waals surface area contributed by atoms with Gasteiger partial charge in [-0.2, -0.15) is 0 Å². The van der Waals surface area contributed by atoms with Gasteiger partial charge in [0.15, 0.2) is 0 Å². The van der Waals surface area contributed by atoms with E-state index in [0.717, 1.165) is 17.9 Å². The van der Waals surface area contributed by atoms with Gasteiger partial charge in [0.1, 0.15) is 0 Å². The molecule has 0 bridgehead atoms. The summed E-state index contributed by atoms with van der Waals surface area (Å²) in [6.45, 7) is 13.0. The summed E-state index contributed by atoms with van der Waals surface area (Å²) in [5.41, 5.74) is 1.80. The van der Waals surface area contributed by atoms with E-state index in [1.165, 1.54) is 0 Å². The SMILES string of the molecule is C=CCN(c1ccc(C(O)CC)nc1)C(C)(C)C. The van der Waals surface area contributed by atoms with E-state index in [-0.39, 0.29) is 5.54 Å². The number of hydrogen-bond acceptors (Lipinski definition) is 3. The molecule has 0 saturated carbocycles. The average Bonchev–Trinajstić information content (AvgIpc) is 2.34. The van der Waals surface area contributed by atoms with Crippen molar-refractivity contribution < 1.29 is 5.11 Å². The zero-order valence-electron chi connectivity index (χ0n) is 11.8. The average molecular weight is 248 g/mol. The summed E-state index contributed by atoms with van der Waals surface area (Å²) in [5, 5.41) is 9.73. The minimum Gasteiger partial charge on any atom is -0.387 e. The van der Waals surface area contributed by atoms with Crippen LogP contribution in [0.1, 0.15) is 45.9 Å². The fraction of sp³-hybridized carbons (Fsp3) is 0.533. The van der Waals surface area contributed by atoms with Gasteiger partial charge < -0.3 is 10.0 Å². The molecule has 18 heavy (non-hydrogen) atoms. The van der Waals surface area contributed by atoms with E-state index < -0.39 is 6.10 Å². The van der Waals surface area contributed by atoms with Crippen LogP contribution >= 0.6 is 0 Å². The lowest BCUT2D eigenvalue weighted by atomic mass is 10.0. The van der Waals surface area contributed by atoms with Crippen LogP contribution in [-0.2, 0) is 0 Å². The first-order valence-corrected chi connectivity index (χ1v) is 6.42. The molecule has 0 aliphatic heterocycles. The predicted octanol–water partition coefficient (Wildman–Crippen LogP) is 3.32. The first-order chi connectivity index (χ1) is 8.40. The molecule has 0 radical (unpaired) electrons. The van der Waals surface area contributed by atoms with Crippen LogP contribution in [0.5, 0.6) is 0 Å². The number of hydrogen-bond donors (Lipinski definition) is 1. The molecular formula is C15H24N2O. The molecule has 100 valence electrons. The minimum absolute atomic E-state index is 0.0146. The largest absolute Gasteiger partial charge is 0.387 e. The number of nitrogens with zero attached hydrogens (tertiary/aromatic N) is 2. The van der Waals surface area contributed by atoms with E-state index >= 15 is 0 Å². The molecule has 1 aromatic heterocycles. The summed E-state index contributed by atoms with van der Waals surface area (Å²) >= 11 is 0. The molecule has 1 N–H and O–H groups in total. The zero-order chi connectivity index (χ0) is 13.8. The van der Waals surface area contributed by atoms with Crippen LogP contribution in [0.25, 0.3) is 0 Å². The van der Waals surface area contributed by atoms with Crippen molar-refractivity contribution in [3.05, 3.63) is 36.7 Å². The van der Waals surface area contributed by atoms with Crippen LogP contribution in [0.3, 0.4) is 0 Å². The first-order valence-electron chi connectivity index (χ1n) is 6.42. The predicted molar refractivity (Wildman–Crippen MR) is 76.8 cm³/mol. The monoisotopic (exact) mass is 248 g/mol. The van der Waals surface area contributed by atoms with Gasteiger partial charge >= 0.3 is 0 Å². The summed E-state index contributed by atoms with van der Waals surface area (Å²) in [5.74, 6) is 0. The van der Waals surface area contributed by atoms with Gasteiger partial charge in [0.2, 0.25) is 0 Å². The Hall–Kier alpha value is -1.35. The van der Waals surface area contributed by atoms with Gasteiger partial charge in [-0.3, -0.25) is 4.98 Å². The number of anilines is 1. The Kier molecular flexibility index (Phi) is 4.91. The molecule has 0 spiro atoms. The highest BCUT2D eigenvalue weighted by atomic mass is 16.3. The summed E-state index contributed by atoms with van der Waals surface area (Å²) < 4.78 is 0. The van der Waals surface area contributed by atoms with Crippen LogP contribution in [0, 0.1) is 0 Å². The van der Waals surface area contributed by atoms with Crippen molar-refractivity contribution in [2.45, 2.75) is 45.8 Å². The molecule has 3 nitrogen and oxygen atoms in total. The Morgan fingerprint density at radius 2 is 2.11 bits per heavy atom. The normalized spacial score (nSPS) is 13.2. The maximum absolute atomic E-state index is 9.73. The van der Waals surface area contributed by atoms with Crippen molar-refractivity contribution in [1.29, 1.82) is 0 Å². The fourth-order valence-electron chi connectivity index (χ4n) is 1.86. The third-order valence-electron chi connectivity index (χ3n) is 2.93. The number of aliphatic hydroxyl groups excluding tert-OH is 1. The lowest BCUT2D eigenvalue weighted by Gasteiger charge is -2.36. The molecule has 1 aromatic rings. The summed E-state index contributed by atoms with van der Waals surface area (Å²) in [6, 6.07) is 3.90. The molecule has 0 saturated heterocycles. The Labute approximate surface area is 110 Å². The van der Waals surface area contributed by atoms with Gasteiger partial charge in [-0.25, -0.2) is 0 Å². The van der Waals surface area contributed by atoms with E-state index in [0.29, 0.717) is 6.42 Å². The highest BCUT2D eigenvalue weighted by molar-refractivity contribution is 5.47. The number of aliphatic hydroxyl groups is 1. The quantitative estimate of drug-likeness (QED) is 0.812. The van der Waals surface area contributed by atoms with Gasteiger partial charge in [0.25, 0.3) is 0 Å².